The van der Waals surface area contributed by atoms with Crippen LogP contribution in [0.25, 0.3) is 0 Å². The van der Waals surface area contributed by atoms with Crippen molar-refractivity contribution in [1.82, 2.24) is 20.8 Å². The highest BCUT2D eigenvalue weighted by atomic mass is 35.5. The van der Waals surface area contributed by atoms with E-state index in [9.17, 15) is 4.79 Å². The number of aromatic nitrogens is 2. The summed E-state index contributed by atoms with van der Waals surface area (Å²) in [6.45, 7) is 3.24. The fraction of sp³-hybridized carbons (Fsp3) is 0.438. The molecule has 0 spiro atoms. The van der Waals surface area contributed by atoms with Gasteiger partial charge in [0.15, 0.2) is 5.82 Å². The maximum Gasteiger partial charge on any atom is 0.234 e. The second-order valence-corrected chi connectivity index (χ2v) is 5.17. The Hall–Kier alpha value is -1.96. The first-order valence-corrected chi connectivity index (χ1v) is 7.54. The molecule has 0 bridgehead atoms. The van der Waals surface area contributed by atoms with E-state index in [1.165, 1.54) is 0 Å². The first-order valence-electron chi connectivity index (χ1n) is 7.54. The second-order valence-electron chi connectivity index (χ2n) is 5.17. The van der Waals surface area contributed by atoms with E-state index < -0.39 is 0 Å². The summed E-state index contributed by atoms with van der Waals surface area (Å²) < 4.78 is 10.1. The number of benzene rings is 1. The van der Waals surface area contributed by atoms with Gasteiger partial charge < -0.3 is 19.9 Å². The molecule has 0 radical (unpaired) electrons. The van der Waals surface area contributed by atoms with E-state index in [0.717, 1.165) is 5.56 Å². The molecule has 1 heterocycles. The Morgan fingerprint density at radius 1 is 1.33 bits per heavy atom. The van der Waals surface area contributed by atoms with Crippen LogP contribution < -0.4 is 10.6 Å². The Labute approximate surface area is 147 Å². The Balaban J connectivity index is 0.00000288. The second kappa shape index (κ2) is 10.7. The molecule has 7 nitrogen and oxygen atoms in total. The number of hydrogen-bond acceptors (Lipinski definition) is 6. The van der Waals surface area contributed by atoms with Crippen molar-refractivity contribution in [2.24, 2.45) is 0 Å². The van der Waals surface area contributed by atoms with Gasteiger partial charge >= 0.3 is 0 Å². The third kappa shape index (κ3) is 6.66. The Kier molecular flexibility index (Phi) is 8.99. The summed E-state index contributed by atoms with van der Waals surface area (Å²) in [4.78, 5) is 16.1. The number of amides is 1. The van der Waals surface area contributed by atoms with E-state index in [2.05, 4.69) is 20.8 Å². The molecule has 2 aromatic rings. The molecular formula is C16H23ClN4O3. The number of nitrogens with zero attached hydrogens (tertiary/aromatic N) is 2. The Morgan fingerprint density at radius 2 is 2.08 bits per heavy atom. The largest absolute Gasteiger partial charge is 0.383 e. The summed E-state index contributed by atoms with van der Waals surface area (Å²) in [6.07, 6.45) is 0.576. The van der Waals surface area contributed by atoms with E-state index in [-0.39, 0.29) is 30.9 Å². The number of rotatable bonds is 9. The minimum absolute atomic E-state index is 0. The molecular weight excluding hydrogens is 332 g/mol. The number of nitrogens with one attached hydrogen (secondary N) is 2. The van der Waals surface area contributed by atoms with E-state index >= 15 is 0 Å². The molecule has 24 heavy (non-hydrogen) atoms. The third-order valence-electron chi connectivity index (χ3n) is 3.22. The number of hydrogen-bond donors (Lipinski definition) is 2. The van der Waals surface area contributed by atoms with Crippen molar-refractivity contribution in [3.05, 3.63) is 47.6 Å². The zero-order valence-corrected chi connectivity index (χ0v) is 14.6. The van der Waals surface area contributed by atoms with Crippen LogP contribution in [0.2, 0.25) is 0 Å². The van der Waals surface area contributed by atoms with Crippen LogP contribution in [0.4, 0.5) is 0 Å². The van der Waals surface area contributed by atoms with Crippen molar-refractivity contribution < 1.29 is 14.1 Å². The Bertz CT molecular complexity index is 606. The number of carbonyl (C=O) groups is 1. The number of ether oxygens (including phenoxy) is 1. The summed E-state index contributed by atoms with van der Waals surface area (Å²) in [5, 5.41) is 9.74. The van der Waals surface area contributed by atoms with Crippen molar-refractivity contribution in [3.63, 3.8) is 0 Å². The summed E-state index contributed by atoms with van der Waals surface area (Å²) in [6, 6.07) is 9.58. The third-order valence-corrected chi connectivity index (χ3v) is 3.22. The van der Waals surface area contributed by atoms with Crippen molar-refractivity contribution in [2.75, 3.05) is 26.8 Å². The van der Waals surface area contributed by atoms with Crippen molar-refractivity contribution in [2.45, 2.75) is 19.4 Å². The molecule has 0 aliphatic heterocycles. The summed E-state index contributed by atoms with van der Waals surface area (Å²) in [5.74, 6) is 0.884. The highest BCUT2D eigenvalue weighted by Gasteiger charge is 2.16. The molecule has 0 aliphatic carbocycles. The first-order chi connectivity index (χ1) is 11.2. The number of methoxy groups -OCH3 is 1. The molecule has 1 amide bonds. The molecule has 8 heteroatoms. The standard InChI is InChI=1S/C16H22N4O3.ClH/c1-12(18-14(21)11-17-8-9-22-2)16-19-15(23-20-16)10-13-6-4-3-5-7-13;/h3-7,12,17H,8-11H2,1-2H3,(H,18,21);1H. The van der Waals surface area contributed by atoms with Crippen molar-refractivity contribution >= 4 is 18.3 Å². The lowest BCUT2D eigenvalue weighted by atomic mass is 10.1. The maximum atomic E-state index is 11.8. The fourth-order valence-corrected chi connectivity index (χ4v) is 2.02. The molecule has 1 atom stereocenters. The minimum atomic E-state index is -0.306. The molecule has 1 aromatic carbocycles. The normalized spacial score (nSPS) is 11.6. The predicted octanol–water partition coefficient (Wildman–Crippen LogP) is 1.50. The molecule has 2 rings (SSSR count). The van der Waals surface area contributed by atoms with E-state index in [0.29, 0.717) is 31.3 Å². The van der Waals surface area contributed by atoms with E-state index in [1.54, 1.807) is 7.11 Å². The molecule has 132 valence electrons. The summed E-state index contributed by atoms with van der Waals surface area (Å²) in [5.41, 5.74) is 1.10. The highest BCUT2D eigenvalue weighted by Crippen LogP contribution is 2.11. The van der Waals surface area contributed by atoms with Crippen LogP contribution in [0.1, 0.15) is 30.2 Å². The van der Waals surface area contributed by atoms with Gasteiger partial charge in [0.2, 0.25) is 11.8 Å². The van der Waals surface area contributed by atoms with Gasteiger partial charge in [0.25, 0.3) is 0 Å². The van der Waals surface area contributed by atoms with Gasteiger partial charge in [0.05, 0.1) is 25.6 Å². The van der Waals surface area contributed by atoms with E-state index in [1.807, 2.05) is 37.3 Å². The van der Waals surface area contributed by atoms with Gasteiger partial charge in [0, 0.05) is 13.7 Å². The van der Waals surface area contributed by atoms with Gasteiger partial charge in [-0.3, -0.25) is 4.79 Å². The number of halogens is 1. The quantitative estimate of drug-likeness (QED) is 0.663. The molecule has 0 saturated carbocycles. The smallest absolute Gasteiger partial charge is 0.234 e. The lowest BCUT2D eigenvalue weighted by molar-refractivity contribution is -0.120. The first kappa shape index (κ1) is 20.1. The Morgan fingerprint density at radius 3 is 2.79 bits per heavy atom. The zero-order chi connectivity index (χ0) is 16.5. The van der Waals surface area contributed by atoms with Gasteiger partial charge in [-0.15, -0.1) is 12.4 Å². The van der Waals surface area contributed by atoms with E-state index in [4.69, 9.17) is 9.26 Å². The summed E-state index contributed by atoms with van der Waals surface area (Å²) >= 11 is 0. The van der Waals surface area contributed by atoms with Crippen LogP contribution in [-0.4, -0.2) is 42.9 Å². The fourth-order valence-electron chi connectivity index (χ4n) is 2.02. The van der Waals surface area contributed by atoms with Crippen LogP contribution in [0.15, 0.2) is 34.9 Å². The zero-order valence-electron chi connectivity index (χ0n) is 13.8. The molecule has 0 fully saturated rings. The number of carbonyl (C=O) groups excluding carboxylic acids is 1. The van der Waals surface area contributed by atoms with Gasteiger partial charge in [0.1, 0.15) is 0 Å². The van der Waals surface area contributed by atoms with Crippen molar-refractivity contribution in [3.8, 4) is 0 Å². The van der Waals surface area contributed by atoms with Crippen LogP contribution in [0.3, 0.4) is 0 Å². The molecule has 1 aromatic heterocycles. The van der Waals surface area contributed by atoms with Crippen LogP contribution in [0.5, 0.6) is 0 Å². The lowest BCUT2D eigenvalue weighted by Crippen LogP contribution is -2.36. The predicted molar refractivity (Wildman–Crippen MR) is 92.1 cm³/mol. The topological polar surface area (TPSA) is 89.3 Å². The van der Waals surface area contributed by atoms with Gasteiger partial charge in [-0.1, -0.05) is 35.5 Å². The van der Waals surface area contributed by atoms with Gasteiger partial charge in [-0.05, 0) is 12.5 Å². The van der Waals surface area contributed by atoms with Crippen LogP contribution >= 0.6 is 12.4 Å². The highest BCUT2D eigenvalue weighted by molar-refractivity contribution is 5.85. The average molecular weight is 355 g/mol. The lowest BCUT2D eigenvalue weighted by Gasteiger charge is -2.10. The van der Waals surface area contributed by atoms with Gasteiger partial charge in [-0.25, -0.2) is 0 Å². The van der Waals surface area contributed by atoms with Crippen LogP contribution in [-0.2, 0) is 16.0 Å². The maximum absolute atomic E-state index is 11.8. The monoisotopic (exact) mass is 354 g/mol. The van der Waals surface area contributed by atoms with Gasteiger partial charge in [-0.2, -0.15) is 4.98 Å². The van der Waals surface area contributed by atoms with Crippen molar-refractivity contribution in [1.29, 1.82) is 0 Å². The average Bonchev–Trinajstić information content (AvgIpc) is 3.01. The molecule has 0 aliphatic rings. The molecule has 2 N–H and O–H groups in total. The summed E-state index contributed by atoms with van der Waals surface area (Å²) in [7, 11) is 1.62. The molecule has 0 saturated heterocycles. The SMILES string of the molecule is COCCNCC(=O)NC(C)c1noc(Cc2ccccc2)n1.Cl. The minimum Gasteiger partial charge on any atom is -0.383 e. The van der Waals surface area contributed by atoms with Crippen LogP contribution in [0, 0.1) is 0 Å². The molecule has 1 unspecified atom stereocenters.